The zero-order valence-corrected chi connectivity index (χ0v) is 4.82. The summed E-state index contributed by atoms with van der Waals surface area (Å²) in [5.41, 5.74) is 0.655. The van der Waals surface area contributed by atoms with E-state index in [1.165, 1.54) is 0 Å². The van der Waals surface area contributed by atoms with Gasteiger partial charge in [-0.05, 0) is 12.5 Å². The standard InChI is InChI=1S/C6H10O/c1-4-6(7)5(2)3/h2,4H2,1,3H3. The van der Waals surface area contributed by atoms with E-state index in [0.29, 0.717) is 12.0 Å². The van der Waals surface area contributed by atoms with E-state index < -0.39 is 0 Å². The van der Waals surface area contributed by atoms with E-state index >= 15 is 0 Å². The van der Waals surface area contributed by atoms with Crippen LogP contribution in [-0.2, 0) is 4.79 Å². The second-order valence-corrected chi connectivity index (χ2v) is 1.56. The molecule has 0 heterocycles. The summed E-state index contributed by atoms with van der Waals surface area (Å²) in [6, 6.07) is 0. The molecule has 0 aliphatic rings. The Bertz CT molecular complexity index is 92.4. The molecule has 0 aromatic rings. The zero-order chi connectivity index (χ0) is 5.86. The first-order valence-electron chi connectivity index (χ1n) is 2.37. The first kappa shape index (κ1) is 6.41. The van der Waals surface area contributed by atoms with Crippen molar-refractivity contribution in [1.82, 2.24) is 0 Å². The van der Waals surface area contributed by atoms with E-state index in [-0.39, 0.29) is 5.78 Å². The Morgan fingerprint density at radius 2 is 2.14 bits per heavy atom. The number of hydrogen-bond acceptors (Lipinski definition) is 1. The lowest BCUT2D eigenvalue weighted by atomic mass is 10.2. The lowest BCUT2D eigenvalue weighted by Gasteiger charge is -1.87. The van der Waals surface area contributed by atoms with Gasteiger partial charge in [0.2, 0.25) is 0 Å². The first-order chi connectivity index (χ1) is 3.18. The van der Waals surface area contributed by atoms with Gasteiger partial charge in [0.15, 0.2) is 5.78 Å². The Kier molecular flexibility index (Phi) is 2.34. The van der Waals surface area contributed by atoms with Gasteiger partial charge in [0, 0.05) is 6.42 Å². The van der Waals surface area contributed by atoms with Gasteiger partial charge in [-0.25, -0.2) is 0 Å². The van der Waals surface area contributed by atoms with Crippen molar-refractivity contribution >= 4 is 5.78 Å². The average Bonchev–Trinajstić information content (AvgIpc) is 1.65. The molecule has 0 unspecified atom stereocenters. The van der Waals surface area contributed by atoms with Crippen LogP contribution in [0.15, 0.2) is 12.2 Å². The van der Waals surface area contributed by atoms with Gasteiger partial charge in [0.1, 0.15) is 0 Å². The fourth-order valence-electron chi connectivity index (χ4n) is 0.302. The van der Waals surface area contributed by atoms with Crippen molar-refractivity contribution in [2.75, 3.05) is 0 Å². The Hall–Kier alpha value is -0.590. The van der Waals surface area contributed by atoms with Crippen molar-refractivity contribution in [1.29, 1.82) is 0 Å². The van der Waals surface area contributed by atoms with Gasteiger partial charge in [0.05, 0.1) is 0 Å². The highest BCUT2D eigenvalue weighted by atomic mass is 16.1. The number of carbonyl (C=O) groups excluding carboxylic acids is 1. The van der Waals surface area contributed by atoms with Crippen LogP contribution < -0.4 is 0 Å². The molecule has 0 saturated carbocycles. The molecule has 0 aliphatic carbocycles. The predicted octanol–water partition coefficient (Wildman–Crippen LogP) is 1.54. The van der Waals surface area contributed by atoms with Gasteiger partial charge in [-0.3, -0.25) is 4.79 Å². The van der Waals surface area contributed by atoms with Crippen LogP contribution in [-0.4, -0.2) is 5.78 Å². The number of ketones is 1. The molecule has 0 amide bonds. The minimum atomic E-state index is 0.153. The molecule has 1 heteroatoms. The normalized spacial score (nSPS) is 8.29. The summed E-state index contributed by atoms with van der Waals surface area (Å²) in [7, 11) is 0. The SMILES string of the molecule is C=C(C)C(=O)CC. The maximum absolute atomic E-state index is 10.4. The average molecular weight is 98.1 g/mol. The van der Waals surface area contributed by atoms with Gasteiger partial charge in [-0.2, -0.15) is 0 Å². The van der Waals surface area contributed by atoms with Gasteiger partial charge in [-0.1, -0.05) is 13.5 Å². The molecular weight excluding hydrogens is 88.1 g/mol. The molecule has 0 saturated heterocycles. The highest BCUT2D eigenvalue weighted by Crippen LogP contribution is 1.91. The van der Waals surface area contributed by atoms with E-state index in [0.717, 1.165) is 0 Å². The molecule has 40 valence electrons. The molecule has 0 aromatic carbocycles. The molecule has 1 nitrogen and oxygen atoms in total. The van der Waals surface area contributed by atoms with Crippen molar-refractivity contribution in [3.8, 4) is 0 Å². The van der Waals surface area contributed by atoms with Crippen LogP contribution in [0.4, 0.5) is 0 Å². The van der Waals surface area contributed by atoms with E-state index in [1.54, 1.807) is 6.92 Å². The molecule has 0 radical (unpaired) electrons. The molecule has 0 aliphatic heterocycles. The summed E-state index contributed by atoms with van der Waals surface area (Å²) >= 11 is 0. The summed E-state index contributed by atoms with van der Waals surface area (Å²) in [4.78, 5) is 10.4. The summed E-state index contributed by atoms with van der Waals surface area (Å²) in [5, 5.41) is 0. The number of Topliss-reactive ketones (excluding diaryl/α,β-unsaturated/α-hetero) is 1. The third kappa shape index (κ3) is 2.15. The van der Waals surface area contributed by atoms with Crippen molar-refractivity contribution < 1.29 is 4.79 Å². The molecule has 0 atom stereocenters. The van der Waals surface area contributed by atoms with E-state index in [9.17, 15) is 4.79 Å². The highest BCUT2D eigenvalue weighted by Gasteiger charge is 1.93. The zero-order valence-electron chi connectivity index (χ0n) is 4.82. The molecule has 7 heavy (non-hydrogen) atoms. The summed E-state index contributed by atoms with van der Waals surface area (Å²) < 4.78 is 0. The number of allylic oxidation sites excluding steroid dienone is 1. The first-order valence-corrected chi connectivity index (χ1v) is 2.37. The van der Waals surface area contributed by atoms with Crippen LogP contribution in [0.25, 0.3) is 0 Å². The van der Waals surface area contributed by atoms with Crippen molar-refractivity contribution in [3.63, 3.8) is 0 Å². The van der Waals surface area contributed by atoms with Crippen molar-refractivity contribution in [2.45, 2.75) is 20.3 Å². The second kappa shape index (κ2) is 2.56. The number of carbonyl (C=O) groups is 1. The van der Waals surface area contributed by atoms with Gasteiger partial charge in [0.25, 0.3) is 0 Å². The maximum Gasteiger partial charge on any atom is 0.157 e. The van der Waals surface area contributed by atoms with Gasteiger partial charge < -0.3 is 0 Å². The summed E-state index contributed by atoms with van der Waals surface area (Å²) in [6.45, 7) is 7.03. The summed E-state index contributed by atoms with van der Waals surface area (Å²) in [5.74, 6) is 0.153. The quantitative estimate of drug-likeness (QED) is 0.479. The molecule has 0 spiro atoms. The topological polar surface area (TPSA) is 17.1 Å². The van der Waals surface area contributed by atoms with Crippen molar-refractivity contribution in [3.05, 3.63) is 12.2 Å². The van der Waals surface area contributed by atoms with Crippen LogP contribution >= 0.6 is 0 Å². The molecule has 0 rings (SSSR count). The molecule has 0 fully saturated rings. The van der Waals surface area contributed by atoms with E-state index in [2.05, 4.69) is 6.58 Å². The maximum atomic E-state index is 10.4. The second-order valence-electron chi connectivity index (χ2n) is 1.56. The summed E-state index contributed by atoms with van der Waals surface area (Å²) in [6.07, 6.45) is 0.579. The Morgan fingerprint density at radius 3 is 2.14 bits per heavy atom. The van der Waals surface area contributed by atoms with Gasteiger partial charge >= 0.3 is 0 Å². The van der Waals surface area contributed by atoms with E-state index in [1.807, 2.05) is 6.92 Å². The lowest BCUT2D eigenvalue weighted by molar-refractivity contribution is -0.115. The molecular formula is C6H10O. The van der Waals surface area contributed by atoms with Crippen LogP contribution in [0.5, 0.6) is 0 Å². The van der Waals surface area contributed by atoms with Crippen LogP contribution in [0.1, 0.15) is 20.3 Å². The van der Waals surface area contributed by atoms with Gasteiger partial charge in [-0.15, -0.1) is 0 Å². The minimum Gasteiger partial charge on any atom is -0.295 e. The van der Waals surface area contributed by atoms with Crippen molar-refractivity contribution in [2.24, 2.45) is 0 Å². The van der Waals surface area contributed by atoms with Crippen LogP contribution in [0, 0.1) is 0 Å². The molecule has 0 aromatic heterocycles. The third-order valence-electron chi connectivity index (χ3n) is 0.797. The smallest absolute Gasteiger partial charge is 0.157 e. The van der Waals surface area contributed by atoms with E-state index in [4.69, 9.17) is 0 Å². The number of rotatable bonds is 2. The predicted molar refractivity (Wildman–Crippen MR) is 30.1 cm³/mol. The third-order valence-corrected chi connectivity index (χ3v) is 0.797. The highest BCUT2D eigenvalue weighted by molar-refractivity contribution is 5.93. The fourth-order valence-corrected chi connectivity index (χ4v) is 0.302. The Balaban J connectivity index is 3.58. The lowest BCUT2D eigenvalue weighted by Crippen LogP contribution is -1.93. The van der Waals surface area contributed by atoms with Crippen LogP contribution in [0.2, 0.25) is 0 Å². The number of hydrogen-bond donors (Lipinski definition) is 0. The Labute approximate surface area is 44.0 Å². The molecule has 0 N–H and O–H groups in total. The minimum absolute atomic E-state index is 0.153. The Morgan fingerprint density at radius 1 is 1.71 bits per heavy atom. The molecule has 0 bridgehead atoms. The largest absolute Gasteiger partial charge is 0.295 e. The monoisotopic (exact) mass is 98.1 g/mol. The van der Waals surface area contributed by atoms with Crippen LogP contribution in [0.3, 0.4) is 0 Å². The fraction of sp³-hybridized carbons (Fsp3) is 0.500.